The van der Waals surface area contributed by atoms with E-state index in [0.29, 0.717) is 19.6 Å². The van der Waals surface area contributed by atoms with Gasteiger partial charge in [-0.05, 0) is 17.7 Å². The molecule has 1 atom stereocenters. The van der Waals surface area contributed by atoms with Gasteiger partial charge in [0.2, 0.25) is 11.8 Å². The Morgan fingerprint density at radius 1 is 1.23 bits per heavy atom. The maximum atomic E-state index is 13.0. The first-order chi connectivity index (χ1) is 12.4. The summed E-state index contributed by atoms with van der Waals surface area (Å²) in [5.41, 5.74) is -0.730. The molecular weight excluding hydrogens is 345 g/mol. The van der Waals surface area contributed by atoms with Crippen molar-refractivity contribution in [3.05, 3.63) is 35.6 Å². The van der Waals surface area contributed by atoms with Crippen LogP contribution in [0, 0.1) is 5.82 Å². The van der Waals surface area contributed by atoms with Gasteiger partial charge < -0.3 is 26.0 Å². The van der Waals surface area contributed by atoms with E-state index in [-0.39, 0.29) is 18.1 Å². The molecule has 1 aromatic carbocycles. The van der Waals surface area contributed by atoms with Gasteiger partial charge in [0.25, 0.3) is 0 Å². The third kappa shape index (κ3) is 4.98. The highest BCUT2D eigenvalue weighted by Crippen LogP contribution is 2.15. The van der Waals surface area contributed by atoms with E-state index in [1.807, 2.05) is 4.90 Å². The lowest BCUT2D eigenvalue weighted by Gasteiger charge is -2.36. The summed E-state index contributed by atoms with van der Waals surface area (Å²) in [7, 11) is 0. The molecule has 1 fully saturated rings. The van der Waals surface area contributed by atoms with E-state index in [1.165, 1.54) is 12.1 Å². The number of halogens is 1. The molecule has 0 bridgehead atoms. The van der Waals surface area contributed by atoms with E-state index < -0.39 is 37.3 Å². The second kappa shape index (κ2) is 9.04. The summed E-state index contributed by atoms with van der Waals surface area (Å²) >= 11 is 0. The van der Waals surface area contributed by atoms with Gasteiger partial charge in [-0.2, -0.15) is 0 Å². The molecule has 0 spiro atoms. The largest absolute Gasteiger partial charge is 0.394 e. The maximum absolute atomic E-state index is 13.0. The van der Waals surface area contributed by atoms with Crippen molar-refractivity contribution in [2.24, 2.45) is 0 Å². The van der Waals surface area contributed by atoms with Crippen LogP contribution < -0.4 is 10.6 Å². The first-order valence-electron chi connectivity index (χ1n) is 8.33. The van der Waals surface area contributed by atoms with Gasteiger partial charge >= 0.3 is 0 Å². The van der Waals surface area contributed by atoms with Crippen molar-refractivity contribution in [1.82, 2.24) is 15.5 Å². The number of rotatable bonds is 8. The van der Waals surface area contributed by atoms with Crippen LogP contribution in [-0.2, 0) is 16.1 Å². The molecule has 5 N–H and O–H groups in total. The molecule has 26 heavy (non-hydrogen) atoms. The number of hydrogen-bond acceptors (Lipinski definition) is 6. The molecule has 0 aliphatic carbocycles. The molecule has 1 aliphatic heterocycles. The predicted molar refractivity (Wildman–Crippen MR) is 90.4 cm³/mol. The molecule has 1 heterocycles. The molecule has 144 valence electrons. The fourth-order valence-electron chi connectivity index (χ4n) is 2.79. The standard InChI is InChI=1S/C17H24FN3O5/c18-13-3-1-12(2-4-13)8-21-6-5-19-16(26)14(21)7-15(25)20-17(9-22,10-23)11-24/h1-4,14,22-24H,5-11H2,(H,19,26)(H,20,25)/t14-/m0/s1. The molecule has 2 amide bonds. The van der Waals surface area contributed by atoms with Gasteiger partial charge in [-0.15, -0.1) is 0 Å². The number of piperazine rings is 1. The van der Waals surface area contributed by atoms with Crippen molar-refractivity contribution in [2.45, 2.75) is 24.5 Å². The molecule has 0 unspecified atom stereocenters. The van der Waals surface area contributed by atoms with Crippen molar-refractivity contribution in [1.29, 1.82) is 0 Å². The first-order valence-corrected chi connectivity index (χ1v) is 8.33. The van der Waals surface area contributed by atoms with Gasteiger partial charge in [-0.1, -0.05) is 12.1 Å². The fourth-order valence-corrected chi connectivity index (χ4v) is 2.79. The van der Waals surface area contributed by atoms with Crippen LogP contribution in [0.4, 0.5) is 4.39 Å². The maximum Gasteiger partial charge on any atom is 0.237 e. The Morgan fingerprint density at radius 3 is 2.42 bits per heavy atom. The lowest BCUT2D eigenvalue weighted by Crippen LogP contribution is -2.60. The Balaban J connectivity index is 2.06. The monoisotopic (exact) mass is 369 g/mol. The van der Waals surface area contributed by atoms with E-state index in [4.69, 9.17) is 0 Å². The van der Waals surface area contributed by atoms with Crippen LogP contribution in [0.3, 0.4) is 0 Å². The number of nitrogens with zero attached hydrogens (tertiary/aromatic N) is 1. The summed E-state index contributed by atoms with van der Waals surface area (Å²) in [6.07, 6.45) is -0.200. The molecule has 2 rings (SSSR count). The number of carbonyl (C=O) groups is 2. The second-order valence-corrected chi connectivity index (χ2v) is 6.41. The summed E-state index contributed by atoms with van der Waals surface area (Å²) in [5.74, 6) is -1.24. The molecule has 8 nitrogen and oxygen atoms in total. The van der Waals surface area contributed by atoms with Crippen molar-refractivity contribution in [2.75, 3.05) is 32.9 Å². The van der Waals surface area contributed by atoms with Crippen molar-refractivity contribution in [3.8, 4) is 0 Å². The van der Waals surface area contributed by atoms with E-state index >= 15 is 0 Å². The number of nitrogens with one attached hydrogen (secondary N) is 2. The van der Waals surface area contributed by atoms with Gasteiger partial charge in [0.05, 0.1) is 32.3 Å². The van der Waals surface area contributed by atoms with Crippen LogP contribution in [0.1, 0.15) is 12.0 Å². The zero-order valence-electron chi connectivity index (χ0n) is 14.3. The number of aliphatic hydroxyl groups is 3. The summed E-state index contributed by atoms with van der Waals surface area (Å²) in [6, 6.07) is 5.15. The minimum Gasteiger partial charge on any atom is -0.394 e. The second-order valence-electron chi connectivity index (χ2n) is 6.41. The topological polar surface area (TPSA) is 122 Å². The van der Waals surface area contributed by atoms with Crippen LogP contribution in [0.2, 0.25) is 0 Å². The quantitative estimate of drug-likeness (QED) is 0.374. The van der Waals surface area contributed by atoms with Crippen LogP contribution in [-0.4, -0.2) is 76.5 Å². The van der Waals surface area contributed by atoms with Gasteiger partial charge in [-0.3, -0.25) is 14.5 Å². The van der Waals surface area contributed by atoms with Gasteiger partial charge in [0, 0.05) is 19.6 Å². The molecule has 0 aromatic heterocycles. The molecule has 1 aliphatic rings. The minimum atomic E-state index is -1.54. The zero-order valence-corrected chi connectivity index (χ0v) is 14.3. The normalized spacial score (nSPS) is 18.5. The van der Waals surface area contributed by atoms with Gasteiger partial charge in [0.1, 0.15) is 11.4 Å². The highest BCUT2D eigenvalue weighted by molar-refractivity contribution is 5.89. The van der Waals surface area contributed by atoms with E-state index in [1.54, 1.807) is 12.1 Å². The number of aliphatic hydroxyl groups excluding tert-OH is 3. The average molecular weight is 369 g/mol. The Labute approximate surface area is 150 Å². The summed E-state index contributed by atoms with van der Waals surface area (Å²) in [6.45, 7) is -0.583. The van der Waals surface area contributed by atoms with Crippen LogP contribution in [0.5, 0.6) is 0 Å². The van der Waals surface area contributed by atoms with Crippen molar-refractivity contribution < 1.29 is 29.3 Å². The summed E-state index contributed by atoms with van der Waals surface area (Å²) in [4.78, 5) is 26.3. The van der Waals surface area contributed by atoms with Crippen LogP contribution in [0.15, 0.2) is 24.3 Å². The Hall–Kier alpha value is -2.07. The van der Waals surface area contributed by atoms with Crippen molar-refractivity contribution >= 4 is 11.8 Å². The molecule has 0 radical (unpaired) electrons. The summed E-state index contributed by atoms with van der Waals surface area (Å²) < 4.78 is 13.0. The van der Waals surface area contributed by atoms with Gasteiger partial charge in [-0.25, -0.2) is 4.39 Å². The zero-order chi connectivity index (χ0) is 19.2. The number of hydrogen-bond donors (Lipinski definition) is 5. The van der Waals surface area contributed by atoms with Crippen LogP contribution in [0.25, 0.3) is 0 Å². The lowest BCUT2D eigenvalue weighted by atomic mass is 10.0. The summed E-state index contributed by atoms with van der Waals surface area (Å²) in [5, 5.41) is 33.0. The first kappa shape index (κ1) is 20.2. The van der Waals surface area contributed by atoms with E-state index in [0.717, 1.165) is 5.56 Å². The number of carbonyl (C=O) groups excluding carboxylic acids is 2. The average Bonchev–Trinajstić information content (AvgIpc) is 2.64. The number of benzene rings is 1. The van der Waals surface area contributed by atoms with Crippen LogP contribution >= 0.6 is 0 Å². The molecular formula is C17H24FN3O5. The molecule has 1 aromatic rings. The molecule has 1 saturated heterocycles. The highest BCUT2D eigenvalue weighted by Gasteiger charge is 2.35. The Morgan fingerprint density at radius 2 is 1.85 bits per heavy atom. The predicted octanol–water partition coefficient (Wildman–Crippen LogP) is -1.65. The Bertz CT molecular complexity index is 613. The fraction of sp³-hybridized carbons (Fsp3) is 0.529. The Kier molecular flexibility index (Phi) is 7.04. The lowest BCUT2D eigenvalue weighted by molar-refractivity contribution is -0.135. The smallest absolute Gasteiger partial charge is 0.237 e. The molecule has 0 saturated carbocycles. The van der Waals surface area contributed by atoms with E-state index in [9.17, 15) is 29.3 Å². The van der Waals surface area contributed by atoms with E-state index in [2.05, 4.69) is 10.6 Å². The third-order valence-corrected chi connectivity index (χ3v) is 4.43. The third-order valence-electron chi connectivity index (χ3n) is 4.43. The highest BCUT2D eigenvalue weighted by atomic mass is 19.1. The minimum absolute atomic E-state index is 0.200. The SMILES string of the molecule is O=C(C[C@H]1C(=O)NCCN1Cc1ccc(F)cc1)NC(CO)(CO)CO. The van der Waals surface area contributed by atoms with Gasteiger partial charge in [0.15, 0.2) is 0 Å². The molecule has 9 heteroatoms. The number of amides is 2. The van der Waals surface area contributed by atoms with Crippen molar-refractivity contribution in [3.63, 3.8) is 0 Å².